The largest absolute Gasteiger partial charge is 0.326 e. The van der Waals surface area contributed by atoms with Crippen LogP contribution in [-0.4, -0.2) is 16.5 Å². The summed E-state index contributed by atoms with van der Waals surface area (Å²) < 4.78 is 2.09. The number of rotatable bonds is 2. The molecule has 0 bridgehead atoms. The molecule has 1 aromatic heterocycles. The van der Waals surface area contributed by atoms with Gasteiger partial charge in [-0.15, -0.1) is 0 Å². The number of carbonyl (C=O) groups excluding carboxylic acids is 2. The Balaban J connectivity index is 2.10. The maximum atomic E-state index is 11.7. The van der Waals surface area contributed by atoms with Crippen molar-refractivity contribution in [2.75, 3.05) is 0 Å². The molecule has 3 amide bonds. The molecule has 0 unspecified atom stereocenters. The number of amides is 3. The first kappa shape index (κ1) is 15.4. The zero-order valence-electron chi connectivity index (χ0n) is 13.0. The normalized spacial score (nSPS) is 15.9. The summed E-state index contributed by atoms with van der Waals surface area (Å²) in [5.41, 5.74) is 5.20. The number of nitrogens with one attached hydrogen (secondary N) is 2. The minimum atomic E-state index is -0.499. The van der Waals surface area contributed by atoms with E-state index in [-0.39, 0.29) is 5.70 Å². The molecule has 0 saturated carbocycles. The Kier molecular flexibility index (Phi) is 3.74. The van der Waals surface area contributed by atoms with Gasteiger partial charge in [-0.2, -0.15) is 0 Å². The molecule has 0 radical (unpaired) electrons. The van der Waals surface area contributed by atoms with E-state index in [0.29, 0.717) is 5.02 Å². The van der Waals surface area contributed by atoms with Crippen molar-refractivity contribution in [2.24, 2.45) is 0 Å². The Morgan fingerprint density at radius 3 is 2.48 bits per heavy atom. The fourth-order valence-corrected chi connectivity index (χ4v) is 2.93. The topological polar surface area (TPSA) is 63.1 Å². The number of halogens is 1. The predicted molar refractivity (Wildman–Crippen MR) is 89.6 cm³/mol. The van der Waals surface area contributed by atoms with Gasteiger partial charge in [0, 0.05) is 22.1 Å². The molecule has 2 heterocycles. The fraction of sp³-hybridized carbons (Fsp3) is 0.176. The van der Waals surface area contributed by atoms with Gasteiger partial charge in [-0.25, -0.2) is 4.79 Å². The number of hydrogen-bond donors (Lipinski definition) is 2. The summed E-state index contributed by atoms with van der Waals surface area (Å²) in [6.45, 7) is 5.98. The zero-order valence-corrected chi connectivity index (χ0v) is 13.8. The lowest BCUT2D eigenvalue weighted by Crippen LogP contribution is -2.22. The van der Waals surface area contributed by atoms with Gasteiger partial charge in [-0.3, -0.25) is 10.1 Å². The van der Waals surface area contributed by atoms with Gasteiger partial charge < -0.3 is 9.88 Å². The van der Waals surface area contributed by atoms with Crippen LogP contribution >= 0.6 is 11.6 Å². The SMILES string of the molecule is Cc1ccc(Cl)cc1-n1c(C)cc(/C=C2\NC(=O)NC2=O)c1C. The van der Waals surface area contributed by atoms with Crippen molar-refractivity contribution in [1.29, 1.82) is 0 Å². The van der Waals surface area contributed by atoms with Crippen molar-refractivity contribution in [2.45, 2.75) is 20.8 Å². The Labute approximate surface area is 138 Å². The maximum absolute atomic E-state index is 11.7. The molecule has 6 heteroatoms. The lowest BCUT2D eigenvalue weighted by Gasteiger charge is -2.13. The molecule has 2 N–H and O–H groups in total. The Morgan fingerprint density at radius 2 is 1.83 bits per heavy atom. The molecule has 0 spiro atoms. The summed E-state index contributed by atoms with van der Waals surface area (Å²) in [6.07, 6.45) is 1.68. The molecule has 1 aliphatic heterocycles. The highest BCUT2D eigenvalue weighted by atomic mass is 35.5. The molecule has 23 heavy (non-hydrogen) atoms. The third-order valence-corrected chi connectivity index (χ3v) is 4.14. The molecule has 0 atom stereocenters. The monoisotopic (exact) mass is 329 g/mol. The van der Waals surface area contributed by atoms with E-state index in [2.05, 4.69) is 15.2 Å². The second-order valence-corrected chi connectivity index (χ2v) is 6.00. The second kappa shape index (κ2) is 5.59. The average molecular weight is 330 g/mol. The first-order valence-corrected chi connectivity index (χ1v) is 7.54. The number of imide groups is 1. The quantitative estimate of drug-likeness (QED) is 0.656. The smallest absolute Gasteiger partial charge is 0.318 e. The van der Waals surface area contributed by atoms with Crippen LogP contribution in [0.3, 0.4) is 0 Å². The number of aryl methyl sites for hydroxylation is 2. The molecule has 1 fully saturated rings. The van der Waals surface area contributed by atoms with Crippen LogP contribution in [0.25, 0.3) is 11.8 Å². The van der Waals surface area contributed by atoms with E-state index in [0.717, 1.165) is 28.2 Å². The van der Waals surface area contributed by atoms with E-state index < -0.39 is 11.9 Å². The molecular weight excluding hydrogens is 314 g/mol. The van der Waals surface area contributed by atoms with E-state index in [4.69, 9.17) is 11.6 Å². The van der Waals surface area contributed by atoms with Crippen molar-refractivity contribution in [3.8, 4) is 5.69 Å². The highest BCUT2D eigenvalue weighted by Gasteiger charge is 2.23. The first-order valence-electron chi connectivity index (χ1n) is 7.16. The zero-order chi connectivity index (χ0) is 16.7. The van der Waals surface area contributed by atoms with E-state index >= 15 is 0 Å². The number of nitrogens with zero attached hydrogens (tertiary/aromatic N) is 1. The van der Waals surface area contributed by atoms with Crippen molar-refractivity contribution < 1.29 is 9.59 Å². The highest BCUT2D eigenvalue weighted by Crippen LogP contribution is 2.27. The molecule has 5 nitrogen and oxygen atoms in total. The van der Waals surface area contributed by atoms with Crippen LogP contribution in [-0.2, 0) is 4.79 Å². The Morgan fingerprint density at radius 1 is 1.09 bits per heavy atom. The van der Waals surface area contributed by atoms with Crippen molar-refractivity contribution >= 4 is 29.6 Å². The van der Waals surface area contributed by atoms with Crippen LogP contribution in [0.4, 0.5) is 4.79 Å². The van der Waals surface area contributed by atoms with E-state index in [9.17, 15) is 9.59 Å². The predicted octanol–water partition coefficient (Wildman–Crippen LogP) is 3.24. The van der Waals surface area contributed by atoms with E-state index in [1.807, 2.05) is 45.0 Å². The summed E-state index contributed by atoms with van der Waals surface area (Å²) in [7, 11) is 0. The van der Waals surface area contributed by atoms with Crippen LogP contribution in [0.15, 0.2) is 30.0 Å². The number of urea groups is 1. The Bertz CT molecular complexity index is 865. The average Bonchev–Trinajstić information content (AvgIpc) is 2.93. The second-order valence-electron chi connectivity index (χ2n) is 5.56. The van der Waals surface area contributed by atoms with Crippen molar-refractivity contribution in [3.63, 3.8) is 0 Å². The lowest BCUT2D eigenvalue weighted by atomic mass is 10.2. The highest BCUT2D eigenvalue weighted by molar-refractivity contribution is 6.30. The number of aromatic nitrogens is 1. The van der Waals surface area contributed by atoms with Crippen LogP contribution in [0.1, 0.15) is 22.5 Å². The molecule has 1 saturated heterocycles. The van der Waals surface area contributed by atoms with Crippen LogP contribution in [0.5, 0.6) is 0 Å². The number of benzene rings is 1. The molecule has 118 valence electrons. The molecular formula is C17H16ClN3O2. The minimum absolute atomic E-state index is 0.248. The van der Waals surface area contributed by atoms with Gasteiger partial charge in [0.2, 0.25) is 0 Å². The van der Waals surface area contributed by atoms with Gasteiger partial charge in [-0.1, -0.05) is 17.7 Å². The molecule has 2 aromatic rings. The van der Waals surface area contributed by atoms with Crippen LogP contribution in [0.2, 0.25) is 5.02 Å². The van der Waals surface area contributed by atoms with E-state index in [1.54, 1.807) is 6.08 Å². The van der Waals surface area contributed by atoms with Gasteiger partial charge in [-0.05, 0) is 56.2 Å². The summed E-state index contributed by atoms with van der Waals surface area (Å²) in [6, 6.07) is 7.22. The molecule has 1 aromatic carbocycles. The van der Waals surface area contributed by atoms with Gasteiger partial charge in [0.15, 0.2) is 0 Å². The van der Waals surface area contributed by atoms with Gasteiger partial charge >= 0.3 is 6.03 Å². The third kappa shape index (κ3) is 2.75. The summed E-state index contributed by atoms with van der Waals surface area (Å²) in [4.78, 5) is 22.9. The summed E-state index contributed by atoms with van der Waals surface area (Å²) in [5.74, 6) is -0.418. The summed E-state index contributed by atoms with van der Waals surface area (Å²) in [5, 5.41) is 5.36. The summed E-state index contributed by atoms with van der Waals surface area (Å²) >= 11 is 6.13. The maximum Gasteiger partial charge on any atom is 0.326 e. The Hall–Kier alpha value is -2.53. The fourth-order valence-electron chi connectivity index (χ4n) is 2.77. The van der Waals surface area contributed by atoms with Crippen LogP contribution < -0.4 is 10.6 Å². The van der Waals surface area contributed by atoms with Gasteiger partial charge in [0.1, 0.15) is 5.70 Å². The van der Waals surface area contributed by atoms with Crippen molar-refractivity contribution in [3.05, 3.63) is 57.5 Å². The third-order valence-electron chi connectivity index (χ3n) is 3.90. The first-order chi connectivity index (χ1) is 10.9. The number of carbonyl (C=O) groups is 2. The van der Waals surface area contributed by atoms with Crippen LogP contribution in [0, 0.1) is 20.8 Å². The van der Waals surface area contributed by atoms with Gasteiger partial charge in [0.05, 0.1) is 0 Å². The standard InChI is InChI=1S/C17H16ClN3O2/c1-9-4-5-13(18)8-15(9)21-10(2)6-12(11(21)3)7-14-16(22)20-17(23)19-14/h4-8H,1-3H3,(H2,19,20,22,23)/b14-7-. The van der Waals surface area contributed by atoms with E-state index in [1.165, 1.54) is 0 Å². The molecule has 0 aliphatic carbocycles. The minimum Gasteiger partial charge on any atom is -0.318 e. The number of hydrogen-bond acceptors (Lipinski definition) is 2. The lowest BCUT2D eigenvalue weighted by molar-refractivity contribution is -0.115. The van der Waals surface area contributed by atoms with Crippen molar-refractivity contribution in [1.82, 2.24) is 15.2 Å². The molecule has 3 rings (SSSR count). The van der Waals surface area contributed by atoms with Gasteiger partial charge in [0.25, 0.3) is 5.91 Å². The molecule has 1 aliphatic rings.